The van der Waals surface area contributed by atoms with E-state index < -0.39 is 0 Å². The maximum absolute atomic E-state index is 6.02. The molecule has 3 nitrogen and oxygen atoms in total. The second-order valence-electron chi connectivity index (χ2n) is 3.24. The van der Waals surface area contributed by atoms with E-state index >= 15 is 0 Å². The lowest BCUT2D eigenvalue weighted by Crippen LogP contribution is -2.51. The summed E-state index contributed by atoms with van der Waals surface area (Å²) in [6.45, 7) is 7.45. The highest BCUT2D eigenvalue weighted by Gasteiger charge is 2.33. The average Bonchev–Trinajstić information content (AvgIpc) is 2.18. The molecule has 0 aromatic heterocycles. The van der Waals surface area contributed by atoms with E-state index in [2.05, 4.69) is 13.8 Å². The van der Waals surface area contributed by atoms with Crippen LogP contribution in [0.15, 0.2) is 0 Å². The van der Waals surface area contributed by atoms with Crippen molar-refractivity contribution in [1.29, 1.82) is 0 Å². The maximum atomic E-state index is 6.02. The van der Waals surface area contributed by atoms with Crippen molar-refractivity contribution >= 4 is 0 Å². The van der Waals surface area contributed by atoms with Gasteiger partial charge >= 0.3 is 0 Å². The molecule has 1 unspecified atom stereocenters. The highest BCUT2D eigenvalue weighted by atomic mass is 16.5. The lowest BCUT2D eigenvalue weighted by atomic mass is 9.89. The zero-order valence-electron chi connectivity index (χ0n) is 9.30. The maximum Gasteiger partial charge on any atom is 0.0846 e. The lowest BCUT2D eigenvalue weighted by molar-refractivity contribution is -0.0577. The molecule has 0 aromatic rings. The largest absolute Gasteiger partial charge is 0.380 e. The Balaban J connectivity index is 4.17. The van der Waals surface area contributed by atoms with Crippen LogP contribution in [0.4, 0.5) is 0 Å². The van der Waals surface area contributed by atoms with Crippen molar-refractivity contribution < 1.29 is 9.47 Å². The predicted octanol–water partition coefficient (Wildman–Crippen LogP) is 1.56. The Labute approximate surface area is 81.6 Å². The molecule has 0 aliphatic heterocycles. The third kappa shape index (κ3) is 3.25. The average molecular weight is 189 g/mol. The van der Waals surface area contributed by atoms with Crippen LogP contribution in [-0.4, -0.2) is 32.0 Å². The molecule has 0 aliphatic carbocycles. The summed E-state index contributed by atoms with van der Waals surface area (Å²) in [5.74, 6) is 0. The van der Waals surface area contributed by atoms with E-state index in [-0.39, 0.29) is 11.6 Å². The topological polar surface area (TPSA) is 44.5 Å². The number of nitrogens with two attached hydrogens (primary N) is 1. The molecule has 0 spiro atoms. The SMILES string of the molecule is CCOCC(N)C(CC)(CC)OC. The molecule has 0 aromatic carbocycles. The van der Waals surface area contributed by atoms with Crippen LogP contribution < -0.4 is 5.73 Å². The molecule has 80 valence electrons. The molecule has 0 aliphatic rings. The van der Waals surface area contributed by atoms with Crippen molar-refractivity contribution in [3.8, 4) is 0 Å². The molecule has 3 heteroatoms. The van der Waals surface area contributed by atoms with Gasteiger partial charge in [-0.1, -0.05) is 13.8 Å². The number of ether oxygens (including phenoxy) is 2. The van der Waals surface area contributed by atoms with Crippen molar-refractivity contribution in [1.82, 2.24) is 0 Å². The Bertz CT molecular complexity index is 116. The van der Waals surface area contributed by atoms with Gasteiger partial charge < -0.3 is 15.2 Å². The van der Waals surface area contributed by atoms with Gasteiger partial charge in [-0.2, -0.15) is 0 Å². The van der Waals surface area contributed by atoms with Crippen molar-refractivity contribution in [2.24, 2.45) is 5.73 Å². The Kier molecular flexibility index (Phi) is 6.29. The van der Waals surface area contributed by atoms with Crippen LogP contribution >= 0.6 is 0 Å². The smallest absolute Gasteiger partial charge is 0.0846 e. The second kappa shape index (κ2) is 6.35. The van der Waals surface area contributed by atoms with E-state index in [4.69, 9.17) is 15.2 Å². The summed E-state index contributed by atoms with van der Waals surface area (Å²) in [6, 6.07) is -0.0348. The predicted molar refractivity (Wildman–Crippen MR) is 54.8 cm³/mol. The molecule has 0 bridgehead atoms. The van der Waals surface area contributed by atoms with Gasteiger partial charge in [0, 0.05) is 13.7 Å². The van der Waals surface area contributed by atoms with E-state index in [0.29, 0.717) is 13.2 Å². The second-order valence-corrected chi connectivity index (χ2v) is 3.24. The zero-order chi connectivity index (χ0) is 10.3. The Hall–Kier alpha value is -0.120. The lowest BCUT2D eigenvalue weighted by Gasteiger charge is -2.35. The molecule has 0 fully saturated rings. The Morgan fingerprint density at radius 2 is 1.77 bits per heavy atom. The van der Waals surface area contributed by atoms with Crippen molar-refractivity contribution in [2.75, 3.05) is 20.3 Å². The van der Waals surface area contributed by atoms with Gasteiger partial charge in [0.05, 0.1) is 18.2 Å². The first kappa shape index (κ1) is 12.9. The fourth-order valence-electron chi connectivity index (χ4n) is 1.61. The van der Waals surface area contributed by atoms with Crippen LogP contribution in [0.5, 0.6) is 0 Å². The van der Waals surface area contributed by atoms with Crippen molar-refractivity contribution in [2.45, 2.75) is 45.3 Å². The van der Waals surface area contributed by atoms with E-state index in [1.807, 2.05) is 6.92 Å². The molecular weight excluding hydrogens is 166 g/mol. The van der Waals surface area contributed by atoms with Crippen LogP contribution in [0.25, 0.3) is 0 Å². The quantitative estimate of drug-likeness (QED) is 0.661. The summed E-state index contributed by atoms with van der Waals surface area (Å²) < 4.78 is 10.8. The molecule has 0 saturated heterocycles. The number of hydrogen-bond donors (Lipinski definition) is 1. The minimum absolute atomic E-state index is 0.0348. The van der Waals surface area contributed by atoms with Gasteiger partial charge in [-0.25, -0.2) is 0 Å². The van der Waals surface area contributed by atoms with Gasteiger partial charge in [0.25, 0.3) is 0 Å². The summed E-state index contributed by atoms with van der Waals surface area (Å²) in [4.78, 5) is 0. The minimum atomic E-state index is -0.213. The highest BCUT2D eigenvalue weighted by molar-refractivity contribution is 4.88. The van der Waals surface area contributed by atoms with Crippen LogP contribution in [0.1, 0.15) is 33.6 Å². The van der Waals surface area contributed by atoms with Gasteiger partial charge in [0.15, 0.2) is 0 Å². The van der Waals surface area contributed by atoms with Gasteiger partial charge in [-0.05, 0) is 19.8 Å². The number of methoxy groups -OCH3 is 1. The van der Waals surface area contributed by atoms with E-state index in [0.717, 1.165) is 12.8 Å². The molecule has 0 saturated carbocycles. The molecule has 0 heterocycles. The summed E-state index contributed by atoms with van der Waals surface area (Å²) in [5, 5.41) is 0. The van der Waals surface area contributed by atoms with Crippen LogP contribution in [-0.2, 0) is 9.47 Å². The van der Waals surface area contributed by atoms with Gasteiger partial charge in [-0.15, -0.1) is 0 Å². The summed E-state index contributed by atoms with van der Waals surface area (Å²) in [6.07, 6.45) is 1.85. The van der Waals surface area contributed by atoms with Gasteiger partial charge in [0.1, 0.15) is 0 Å². The third-order valence-electron chi connectivity index (χ3n) is 2.78. The van der Waals surface area contributed by atoms with Crippen LogP contribution in [0, 0.1) is 0 Å². The third-order valence-corrected chi connectivity index (χ3v) is 2.78. The van der Waals surface area contributed by atoms with Gasteiger partial charge in [-0.3, -0.25) is 0 Å². The Morgan fingerprint density at radius 1 is 1.23 bits per heavy atom. The van der Waals surface area contributed by atoms with Crippen molar-refractivity contribution in [3.63, 3.8) is 0 Å². The van der Waals surface area contributed by atoms with Crippen molar-refractivity contribution in [3.05, 3.63) is 0 Å². The summed E-state index contributed by atoms with van der Waals surface area (Å²) >= 11 is 0. The van der Waals surface area contributed by atoms with E-state index in [9.17, 15) is 0 Å². The molecule has 0 rings (SSSR count). The first-order valence-corrected chi connectivity index (χ1v) is 5.05. The first-order chi connectivity index (χ1) is 6.16. The molecule has 13 heavy (non-hydrogen) atoms. The summed E-state index contributed by atoms with van der Waals surface area (Å²) in [5.41, 5.74) is 5.81. The standard InChI is InChI=1S/C10H23NO2/c1-5-10(6-2,12-4)9(11)8-13-7-3/h9H,5-8,11H2,1-4H3. The fraction of sp³-hybridized carbons (Fsp3) is 1.00. The molecule has 1 atom stereocenters. The van der Waals surface area contributed by atoms with E-state index in [1.54, 1.807) is 7.11 Å². The molecular formula is C10H23NO2. The zero-order valence-corrected chi connectivity index (χ0v) is 9.30. The van der Waals surface area contributed by atoms with Crippen LogP contribution in [0.3, 0.4) is 0 Å². The monoisotopic (exact) mass is 189 g/mol. The molecule has 0 amide bonds. The van der Waals surface area contributed by atoms with Gasteiger partial charge in [0.2, 0.25) is 0 Å². The molecule has 2 N–H and O–H groups in total. The summed E-state index contributed by atoms with van der Waals surface area (Å²) in [7, 11) is 1.72. The Morgan fingerprint density at radius 3 is 2.08 bits per heavy atom. The van der Waals surface area contributed by atoms with E-state index in [1.165, 1.54) is 0 Å². The molecule has 0 radical (unpaired) electrons. The highest BCUT2D eigenvalue weighted by Crippen LogP contribution is 2.22. The first-order valence-electron chi connectivity index (χ1n) is 5.05. The normalized spacial score (nSPS) is 14.5. The minimum Gasteiger partial charge on any atom is -0.380 e. The van der Waals surface area contributed by atoms with Crippen LogP contribution in [0.2, 0.25) is 0 Å². The number of hydrogen-bond acceptors (Lipinski definition) is 3. The number of rotatable bonds is 7. The fourth-order valence-corrected chi connectivity index (χ4v) is 1.61.